The Bertz CT molecular complexity index is 2530. The summed E-state index contributed by atoms with van der Waals surface area (Å²) in [6, 6.07) is 14.0. The number of ether oxygens (including phenoxy) is 1. The quantitative estimate of drug-likeness (QED) is 0.112. The minimum Gasteiger partial charge on any atom is -0.492 e. The van der Waals surface area contributed by atoms with Crippen LogP contribution in [0.25, 0.3) is 16.6 Å². The van der Waals surface area contributed by atoms with Crippen molar-refractivity contribution in [1.82, 2.24) is 44.8 Å². The number of hydrogen-bond acceptors (Lipinski definition) is 12. The van der Waals surface area contributed by atoms with E-state index in [-0.39, 0.29) is 24.1 Å². The summed E-state index contributed by atoms with van der Waals surface area (Å²) in [5, 5.41) is 19.8. The number of piperidine rings is 3. The number of piperazine rings is 1. The molecule has 1 aromatic carbocycles. The van der Waals surface area contributed by atoms with Crippen molar-refractivity contribution < 1.29 is 28.7 Å². The third-order valence-corrected chi connectivity index (χ3v) is 14.7. The number of benzene rings is 1. The van der Waals surface area contributed by atoms with Crippen molar-refractivity contribution in [1.29, 1.82) is 5.26 Å². The van der Waals surface area contributed by atoms with Gasteiger partial charge in [0.15, 0.2) is 0 Å². The van der Waals surface area contributed by atoms with Gasteiger partial charge in [-0.3, -0.25) is 34.2 Å². The number of likely N-dealkylation sites (tertiary alicyclic amines) is 1. The number of aromatic nitrogens is 3. The summed E-state index contributed by atoms with van der Waals surface area (Å²) >= 11 is 0. The Balaban J connectivity index is 0.805. The molecule has 7 heterocycles. The molecule has 0 aliphatic carbocycles. The van der Waals surface area contributed by atoms with E-state index in [4.69, 9.17) is 9.72 Å². The second kappa shape index (κ2) is 21.9. The van der Waals surface area contributed by atoms with Gasteiger partial charge in [-0.1, -0.05) is 32.0 Å². The molecule has 8 rings (SSSR count). The van der Waals surface area contributed by atoms with Crippen LogP contribution in [0.5, 0.6) is 5.75 Å². The monoisotopic (exact) mass is 942 g/mol. The van der Waals surface area contributed by atoms with Gasteiger partial charge in [0.05, 0.1) is 35.5 Å². The van der Waals surface area contributed by atoms with Gasteiger partial charge in [0.25, 0.3) is 0 Å². The van der Waals surface area contributed by atoms with Gasteiger partial charge in [0, 0.05) is 95.6 Å². The van der Waals surface area contributed by atoms with E-state index in [9.17, 15) is 29.2 Å². The lowest BCUT2D eigenvalue weighted by atomic mass is 9.76. The molecule has 1 atom stereocenters. The van der Waals surface area contributed by atoms with Gasteiger partial charge in [-0.05, 0) is 106 Å². The van der Waals surface area contributed by atoms with Crippen LogP contribution in [0.1, 0.15) is 93.9 Å². The SMILES string of the molecule is CCOc1cc(-c2ccc(N3CCC(CN4CCN(C(=O)CCN5CCC(c6ccc(CN(C=O)C7CCC(=O)NC7=O)c(C)c6)CC5)CC4)(C(=O)NCC(C)C)CC3)nc2)c2c(C#N)cnn2c1. The molecule has 0 radical (unpaired) electrons. The lowest BCUT2D eigenvalue weighted by Gasteiger charge is -2.45. The highest BCUT2D eigenvalue weighted by Crippen LogP contribution is 2.37. The Morgan fingerprint density at radius 3 is 2.42 bits per heavy atom. The summed E-state index contributed by atoms with van der Waals surface area (Å²) < 4.78 is 7.48. The van der Waals surface area contributed by atoms with Gasteiger partial charge in [-0.2, -0.15) is 10.4 Å². The number of carbonyl (C=O) groups is 5. The fraction of sp³-hybridized carbons (Fsp3) is 0.538. The van der Waals surface area contributed by atoms with E-state index < -0.39 is 17.4 Å². The number of imide groups is 1. The number of nitrogens with zero attached hydrogens (tertiary/aromatic N) is 9. The van der Waals surface area contributed by atoms with Crippen LogP contribution in [0, 0.1) is 29.6 Å². The third kappa shape index (κ3) is 11.4. The molecule has 3 aromatic heterocycles. The second-order valence-electron chi connectivity index (χ2n) is 19.7. The molecule has 4 aliphatic rings. The molecule has 17 nitrogen and oxygen atoms in total. The fourth-order valence-electron chi connectivity index (χ4n) is 10.5. The Hall–Kier alpha value is -6.38. The molecule has 2 N–H and O–H groups in total. The molecule has 0 bridgehead atoms. The molecule has 17 heteroatoms. The fourth-order valence-corrected chi connectivity index (χ4v) is 10.5. The van der Waals surface area contributed by atoms with Crippen LogP contribution in [0.4, 0.5) is 5.82 Å². The molecular weight excluding hydrogens is 875 g/mol. The van der Waals surface area contributed by atoms with Gasteiger partial charge in [0.1, 0.15) is 23.7 Å². The number of carbonyl (C=O) groups excluding carboxylic acids is 5. The van der Waals surface area contributed by atoms with Crippen molar-refractivity contribution in [2.75, 3.05) is 83.5 Å². The van der Waals surface area contributed by atoms with Crippen LogP contribution in [-0.2, 0) is 30.5 Å². The van der Waals surface area contributed by atoms with Crippen molar-refractivity contribution in [3.05, 3.63) is 77.2 Å². The number of amides is 5. The Labute approximate surface area is 405 Å². The maximum absolute atomic E-state index is 14.1. The maximum atomic E-state index is 14.1. The van der Waals surface area contributed by atoms with Crippen LogP contribution in [0.3, 0.4) is 0 Å². The number of aryl methyl sites for hydroxylation is 1. The van der Waals surface area contributed by atoms with Crippen LogP contribution >= 0.6 is 0 Å². The first kappa shape index (κ1) is 49.1. The Morgan fingerprint density at radius 2 is 1.77 bits per heavy atom. The van der Waals surface area contributed by atoms with E-state index in [2.05, 4.69) is 68.5 Å². The van der Waals surface area contributed by atoms with E-state index in [0.29, 0.717) is 113 Å². The van der Waals surface area contributed by atoms with Crippen LogP contribution in [0.2, 0.25) is 0 Å². The minimum atomic E-state index is -0.645. The Morgan fingerprint density at radius 1 is 1.00 bits per heavy atom. The molecule has 4 saturated heterocycles. The van der Waals surface area contributed by atoms with Crippen molar-refractivity contribution in [3.63, 3.8) is 0 Å². The molecule has 1 unspecified atom stereocenters. The van der Waals surface area contributed by atoms with Gasteiger partial charge in [-0.15, -0.1) is 0 Å². The zero-order valence-corrected chi connectivity index (χ0v) is 40.6. The van der Waals surface area contributed by atoms with Crippen molar-refractivity contribution in [2.45, 2.75) is 91.1 Å². The summed E-state index contributed by atoms with van der Waals surface area (Å²) in [6.45, 7) is 17.0. The van der Waals surface area contributed by atoms with E-state index in [1.165, 1.54) is 10.5 Å². The molecule has 69 heavy (non-hydrogen) atoms. The van der Waals surface area contributed by atoms with Gasteiger partial charge < -0.3 is 29.7 Å². The van der Waals surface area contributed by atoms with Gasteiger partial charge >= 0.3 is 0 Å². The highest BCUT2D eigenvalue weighted by molar-refractivity contribution is 6.00. The molecular formula is C52H67N11O6. The topological polar surface area (TPSA) is 189 Å². The average molecular weight is 942 g/mol. The van der Waals surface area contributed by atoms with Gasteiger partial charge in [0.2, 0.25) is 30.0 Å². The van der Waals surface area contributed by atoms with E-state index in [0.717, 1.165) is 73.6 Å². The van der Waals surface area contributed by atoms with Gasteiger partial charge in [-0.25, -0.2) is 9.50 Å². The largest absolute Gasteiger partial charge is 0.492 e. The predicted octanol–water partition coefficient (Wildman–Crippen LogP) is 4.51. The average Bonchev–Trinajstić information content (AvgIpc) is 3.78. The van der Waals surface area contributed by atoms with Crippen molar-refractivity contribution >= 4 is 41.4 Å². The molecule has 5 amide bonds. The lowest BCUT2D eigenvalue weighted by molar-refractivity contribution is -0.141. The number of rotatable bonds is 17. The smallest absolute Gasteiger partial charge is 0.249 e. The molecule has 0 saturated carbocycles. The number of nitrogens with one attached hydrogen (secondary N) is 2. The summed E-state index contributed by atoms with van der Waals surface area (Å²) in [5.74, 6) is 1.81. The predicted molar refractivity (Wildman–Crippen MR) is 261 cm³/mol. The number of fused-ring (bicyclic) bond motifs is 1. The summed E-state index contributed by atoms with van der Waals surface area (Å²) in [5.41, 5.74) is 5.62. The number of pyridine rings is 2. The molecule has 0 spiro atoms. The molecule has 4 aromatic rings. The summed E-state index contributed by atoms with van der Waals surface area (Å²) in [7, 11) is 0. The van der Waals surface area contributed by atoms with Crippen LogP contribution < -0.4 is 20.3 Å². The minimum absolute atomic E-state index is 0.105. The normalized spacial score (nSPS) is 19.3. The number of hydrogen-bond donors (Lipinski definition) is 2. The highest BCUT2D eigenvalue weighted by Gasteiger charge is 2.43. The number of anilines is 1. The number of nitriles is 1. The first-order valence-corrected chi connectivity index (χ1v) is 24.8. The van der Waals surface area contributed by atoms with Crippen LogP contribution in [-0.4, -0.2) is 149 Å². The highest BCUT2D eigenvalue weighted by atomic mass is 16.5. The maximum Gasteiger partial charge on any atom is 0.249 e. The summed E-state index contributed by atoms with van der Waals surface area (Å²) in [4.78, 5) is 79.0. The lowest BCUT2D eigenvalue weighted by Crippen LogP contribution is -2.58. The first-order valence-electron chi connectivity index (χ1n) is 24.8. The molecule has 4 aliphatic heterocycles. The summed E-state index contributed by atoms with van der Waals surface area (Å²) in [6.07, 6.45) is 10.3. The molecule has 4 fully saturated rings. The first-order chi connectivity index (χ1) is 33.4. The van der Waals surface area contributed by atoms with Crippen molar-refractivity contribution in [2.24, 2.45) is 11.3 Å². The van der Waals surface area contributed by atoms with Crippen LogP contribution in [0.15, 0.2) is 55.0 Å². The zero-order valence-electron chi connectivity index (χ0n) is 40.6. The molecule has 366 valence electrons. The van der Waals surface area contributed by atoms with E-state index in [1.54, 1.807) is 16.9 Å². The standard InChI is InChI=1S/C52H67N11O6/c1-5-69-43-27-44(49-42(28-53)31-56-63(49)33-43)40-8-10-46(54-30-40)60-20-15-52(16-21-60,51(68)55-29-36(2)3)34-59-22-24-61(25-23-59)48(66)14-19-58-17-12-38(13-18-58)39-6-7-41(37(4)26-39)32-62(35-64)45-9-11-47(65)57-50(45)67/h6-8,10,26-27,30-31,33,35-36,38,45H,5,9,11-25,29,32,34H2,1-4H3,(H,55,68)(H,57,65,67). The third-order valence-electron chi connectivity index (χ3n) is 14.7. The second-order valence-corrected chi connectivity index (χ2v) is 19.7. The van der Waals surface area contributed by atoms with E-state index >= 15 is 0 Å². The Kier molecular flexibility index (Phi) is 15.6. The van der Waals surface area contributed by atoms with Crippen molar-refractivity contribution in [3.8, 4) is 22.9 Å². The van der Waals surface area contributed by atoms with E-state index in [1.807, 2.05) is 43.1 Å². The zero-order chi connectivity index (χ0) is 48.7.